The maximum absolute atomic E-state index is 13.3. The van der Waals surface area contributed by atoms with E-state index in [1.807, 2.05) is 30.9 Å². The van der Waals surface area contributed by atoms with Crippen molar-refractivity contribution >= 4 is 79.4 Å². The summed E-state index contributed by atoms with van der Waals surface area (Å²) in [5, 5.41) is 8.48. The Morgan fingerprint density at radius 1 is 1.07 bits per heavy atom. The van der Waals surface area contributed by atoms with Gasteiger partial charge in [-0.2, -0.15) is 0 Å². The van der Waals surface area contributed by atoms with Crippen molar-refractivity contribution < 1.29 is 14.3 Å². The minimum atomic E-state index is -0.391. The number of aryl methyl sites for hydroxylation is 1. The van der Waals surface area contributed by atoms with Gasteiger partial charge in [0.05, 0.1) is 33.6 Å². The first-order valence-corrected chi connectivity index (χ1v) is 14.4. The summed E-state index contributed by atoms with van der Waals surface area (Å²) in [6.07, 6.45) is 1.97. The summed E-state index contributed by atoms with van der Waals surface area (Å²) in [5.41, 5.74) is 3.87. The molecule has 0 atom stereocenters. The molecule has 3 heterocycles. The van der Waals surface area contributed by atoms with Gasteiger partial charge in [-0.05, 0) is 42.8 Å². The lowest BCUT2D eigenvalue weighted by atomic mass is 10.2. The number of carbonyl (C=O) groups is 2. The van der Waals surface area contributed by atoms with E-state index < -0.39 is 5.91 Å². The molecule has 2 amide bonds. The van der Waals surface area contributed by atoms with Gasteiger partial charge in [-0.1, -0.05) is 30.1 Å². The summed E-state index contributed by atoms with van der Waals surface area (Å²) in [5.74, 6) is 0.828. The average Bonchev–Trinajstić information content (AvgIpc) is 3.42. The second-order valence-corrected chi connectivity index (χ2v) is 10.9. The van der Waals surface area contributed by atoms with Crippen molar-refractivity contribution in [3.63, 3.8) is 0 Å². The molecule has 12 heteroatoms. The van der Waals surface area contributed by atoms with Crippen LogP contribution in [0.15, 0.2) is 42.0 Å². The molecule has 0 radical (unpaired) electrons. The molecule has 1 aliphatic heterocycles. The standard InChI is InChI=1S/C28H28Cl2N6O3S/c1-4-21(37)36-11-9-35(10-12-36)18-7-5-17(6-8-18)33-27-26-24(31-15-32-27)19(14-40-26)28(38)34-25-22(29)16(2)13-20(39-3)23(25)30/h5-8,13-15H,4,9-12H2,1-3H3,(H,34,38)(H,31,32,33). The lowest BCUT2D eigenvalue weighted by Crippen LogP contribution is -2.48. The SMILES string of the molecule is CCC(=O)N1CCN(c2ccc(Nc3ncnc4c(C(=O)Nc5c(Cl)c(C)cc(OC)c5Cl)csc34)cc2)CC1. The molecule has 9 nitrogen and oxygen atoms in total. The Labute approximate surface area is 246 Å². The van der Waals surface area contributed by atoms with Gasteiger partial charge in [-0.3, -0.25) is 9.59 Å². The highest BCUT2D eigenvalue weighted by molar-refractivity contribution is 7.18. The summed E-state index contributed by atoms with van der Waals surface area (Å²) < 4.78 is 6.05. The molecule has 1 aliphatic rings. The van der Waals surface area contributed by atoms with Crippen molar-refractivity contribution in [1.82, 2.24) is 14.9 Å². The zero-order chi connectivity index (χ0) is 28.4. The zero-order valence-corrected chi connectivity index (χ0v) is 24.6. The maximum atomic E-state index is 13.3. The van der Waals surface area contributed by atoms with Gasteiger partial charge in [-0.25, -0.2) is 9.97 Å². The van der Waals surface area contributed by atoms with Crippen molar-refractivity contribution in [2.24, 2.45) is 0 Å². The highest BCUT2D eigenvalue weighted by Gasteiger charge is 2.22. The molecule has 2 N–H and O–H groups in total. The van der Waals surface area contributed by atoms with E-state index in [9.17, 15) is 9.59 Å². The number of nitrogens with zero attached hydrogens (tertiary/aromatic N) is 4. The summed E-state index contributed by atoms with van der Waals surface area (Å²) >= 11 is 14.2. The van der Waals surface area contributed by atoms with E-state index in [0.29, 0.717) is 34.1 Å². The van der Waals surface area contributed by atoms with Gasteiger partial charge in [0.25, 0.3) is 5.91 Å². The predicted octanol–water partition coefficient (Wildman–Crippen LogP) is 6.37. The highest BCUT2D eigenvalue weighted by Crippen LogP contribution is 2.41. The number of aromatic nitrogens is 2. The second kappa shape index (κ2) is 11.9. The minimum absolute atomic E-state index is 0.201. The van der Waals surface area contributed by atoms with Crippen LogP contribution >= 0.6 is 34.5 Å². The van der Waals surface area contributed by atoms with Gasteiger partial charge in [-0.15, -0.1) is 11.3 Å². The monoisotopic (exact) mass is 598 g/mol. The number of halogens is 2. The maximum Gasteiger partial charge on any atom is 0.258 e. The fourth-order valence-electron chi connectivity index (χ4n) is 4.61. The Morgan fingerprint density at radius 2 is 1.80 bits per heavy atom. The molecule has 1 fully saturated rings. The van der Waals surface area contributed by atoms with E-state index in [-0.39, 0.29) is 16.6 Å². The van der Waals surface area contributed by atoms with Gasteiger partial charge in [0.2, 0.25) is 5.91 Å². The fourth-order valence-corrected chi connectivity index (χ4v) is 6.07. The smallest absolute Gasteiger partial charge is 0.258 e. The summed E-state index contributed by atoms with van der Waals surface area (Å²) in [7, 11) is 1.50. The van der Waals surface area contributed by atoms with Crippen LogP contribution in [0.1, 0.15) is 29.3 Å². The third kappa shape index (κ3) is 5.52. The molecular formula is C28H28Cl2N6O3S. The third-order valence-electron chi connectivity index (χ3n) is 6.84. The molecular weight excluding hydrogens is 571 g/mol. The molecule has 208 valence electrons. The summed E-state index contributed by atoms with van der Waals surface area (Å²) in [6.45, 7) is 6.77. The minimum Gasteiger partial charge on any atom is -0.495 e. The molecule has 5 rings (SSSR count). The first-order chi connectivity index (χ1) is 19.3. The van der Waals surface area contributed by atoms with E-state index in [4.69, 9.17) is 27.9 Å². The molecule has 0 aliphatic carbocycles. The number of hydrogen-bond acceptors (Lipinski definition) is 8. The molecule has 4 aromatic rings. The van der Waals surface area contributed by atoms with E-state index in [1.165, 1.54) is 24.8 Å². The molecule has 1 saturated heterocycles. The number of anilines is 4. The second-order valence-electron chi connectivity index (χ2n) is 9.30. The first kappa shape index (κ1) is 27.9. The van der Waals surface area contributed by atoms with Crippen molar-refractivity contribution in [3.8, 4) is 5.75 Å². The Balaban J connectivity index is 1.31. The molecule has 40 heavy (non-hydrogen) atoms. The number of hydrogen-bond donors (Lipinski definition) is 2. The van der Waals surface area contributed by atoms with Crippen LogP contribution in [0.2, 0.25) is 10.0 Å². The van der Waals surface area contributed by atoms with Crippen molar-refractivity contribution in [2.45, 2.75) is 20.3 Å². The van der Waals surface area contributed by atoms with Crippen LogP contribution < -0.4 is 20.3 Å². The van der Waals surface area contributed by atoms with Crippen LogP contribution in [0.25, 0.3) is 10.2 Å². The van der Waals surface area contributed by atoms with Gasteiger partial charge in [0, 0.05) is 49.4 Å². The Kier molecular flexibility index (Phi) is 8.30. The van der Waals surface area contributed by atoms with Crippen LogP contribution in [-0.2, 0) is 4.79 Å². The zero-order valence-electron chi connectivity index (χ0n) is 22.3. The largest absolute Gasteiger partial charge is 0.495 e. The van der Waals surface area contributed by atoms with Gasteiger partial charge >= 0.3 is 0 Å². The molecule has 2 aromatic heterocycles. The first-order valence-electron chi connectivity index (χ1n) is 12.8. The normalized spacial score (nSPS) is 13.4. The van der Waals surface area contributed by atoms with Gasteiger partial charge < -0.3 is 25.2 Å². The van der Waals surface area contributed by atoms with Crippen LogP contribution in [0.3, 0.4) is 0 Å². The Morgan fingerprint density at radius 3 is 2.48 bits per heavy atom. The topological polar surface area (TPSA) is 99.7 Å². The third-order valence-corrected chi connectivity index (χ3v) is 8.67. The number of ether oxygens (including phenoxy) is 1. The fraction of sp³-hybridized carbons (Fsp3) is 0.286. The highest BCUT2D eigenvalue weighted by atomic mass is 35.5. The number of methoxy groups -OCH3 is 1. The van der Waals surface area contributed by atoms with E-state index in [2.05, 4.69) is 37.6 Å². The average molecular weight is 600 g/mol. The summed E-state index contributed by atoms with van der Waals surface area (Å²) in [6, 6.07) is 9.80. The Bertz CT molecular complexity index is 1570. The number of thiophene rings is 1. The number of nitrogens with one attached hydrogen (secondary N) is 2. The van der Waals surface area contributed by atoms with Crippen LogP contribution in [-0.4, -0.2) is 60.0 Å². The number of rotatable bonds is 7. The lowest BCUT2D eigenvalue weighted by molar-refractivity contribution is -0.131. The van der Waals surface area contributed by atoms with E-state index in [1.54, 1.807) is 11.4 Å². The van der Waals surface area contributed by atoms with Gasteiger partial charge in [0.1, 0.15) is 17.1 Å². The molecule has 0 saturated carbocycles. The van der Waals surface area contributed by atoms with Crippen LogP contribution in [0, 0.1) is 6.92 Å². The predicted molar refractivity (Wildman–Crippen MR) is 162 cm³/mol. The number of piperazine rings is 1. The van der Waals surface area contributed by atoms with E-state index in [0.717, 1.165) is 47.8 Å². The lowest BCUT2D eigenvalue weighted by Gasteiger charge is -2.36. The Hall–Kier alpha value is -3.60. The van der Waals surface area contributed by atoms with E-state index >= 15 is 0 Å². The van der Waals surface area contributed by atoms with Crippen LogP contribution in [0.5, 0.6) is 5.75 Å². The van der Waals surface area contributed by atoms with Crippen molar-refractivity contribution in [3.05, 3.63) is 63.2 Å². The molecule has 0 bridgehead atoms. The van der Waals surface area contributed by atoms with Crippen molar-refractivity contribution in [1.29, 1.82) is 0 Å². The molecule has 2 aromatic carbocycles. The summed E-state index contributed by atoms with van der Waals surface area (Å²) in [4.78, 5) is 38.2. The number of benzene rings is 2. The molecule has 0 spiro atoms. The number of fused-ring (bicyclic) bond motifs is 1. The number of carbonyl (C=O) groups excluding carboxylic acids is 2. The number of amides is 2. The molecule has 0 unspecified atom stereocenters. The quantitative estimate of drug-likeness (QED) is 0.255. The van der Waals surface area contributed by atoms with Crippen LogP contribution in [0.4, 0.5) is 22.9 Å². The van der Waals surface area contributed by atoms with Crippen molar-refractivity contribution in [2.75, 3.05) is 48.8 Å². The van der Waals surface area contributed by atoms with Gasteiger partial charge in [0.15, 0.2) is 5.82 Å².